The average Bonchev–Trinajstić information content (AvgIpc) is 3.36. The lowest BCUT2D eigenvalue weighted by molar-refractivity contribution is 0.0917. The van der Waals surface area contributed by atoms with E-state index in [2.05, 4.69) is 32.9 Å². The van der Waals surface area contributed by atoms with Crippen LogP contribution in [0, 0.1) is 13.8 Å². The number of ether oxygens (including phenoxy) is 1. The summed E-state index contributed by atoms with van der Waals surface area (Å²) in [6.07, 6.45) is 2.11. The van der Waals surface area contributed by atoms with Gasteiger partial charge in [-0.3, -0.25) is 9.69 Å². The number of fused-ring (bicyclic) bond motifs is 1. The Balaban J connectivity index is 1.68. The molecule has 1 aromatic heterocycles. The third kappa shape index (κ3) is 4.49. The van der Waals surface area contributed by atoms with Gasteiger partial charge in [0.25, 0.3) is 5.91 Å². The maximum absolute atomic E-state index is 13.4. The minimum Gasteiger partial charge on any atom is -0.376 e. The predicted molar refractivity (Wildman–Crippen MR) is 123 cm³/mol. The van der Waals surface area contributed by atoms with Gasteiger partial charge in [-0.1, -0.05) is 18.3 Å². The van der Waals surface area contributed by atoms with E-state index in [1.807, 2.05) is 29.2 Å². The second-order valence-corrected chi connectivity index (χ2v) is 9.76. The summed E-state index contributed by atoms with van der Waals surface area (Å²) >= 11 is 3.36. The number of hydrogen-bond acceptors (Lipinski definition) is 5. The first-order valence-electron chi connectivity index (χ1n) is 10.1. The van der Waals surface area contributed by atoms with Gasteiger partial charge < -0.3 is 4.74 Å². The van der Waals surface area contributed by atoms with Crippen molar-refractivity contribution in [3.05, 3.63) is 53.1 Å². The Kier molecular flexibility index (Phi) is 6.23. The van der Waals surface area contributed by atoms with Crippen LogP contribution in [-0.4, -0.2) is 35.9 Å². The molecular weight excluding hydrogens is 400 g/mol. The normalized spacial score (nSPS) is 16.4. The van der Waals surface area contributed by atoms with E-state index in [4.69, 9.17) is 9.72 Å². The van der Waals surface area contributed by atoms with Crippen LogP contribution in [0.2, 0.25) is 0 Å². The fourth-order valence-corrected chi connectivity index (χ4v) is 5.25. The van der Waals surface area contributed by atoms with Crippen LogP contribution in [0.4, 0.5) is 5.13 Å². The first kappa shape index (κ1) is 20.4. The molecule has 0 bridgehead atoms. The SMILES string of the molecule is CCSc1ccc(C(=O)N(CC2CCCO2)c2nc3cc(C)c(C)cc3s2)cc1. The molecule has 3 aromatic rings. The number of aryl methyl sites for hydroxylation is 2. The van der Waals surface area contributed by atoms with Gasteiger partial charge in [-0.05, 0) is 80.0 Å². The Morgan fingerprint density at radius 2 is 2.00 bits per heavy atom. The number of aromatic nitrogens is 1. The minimum atomic E-state index is -0.0129. The van der Waals surface area contributed by atoms with E-state index < -0.39 is 0 Å². The molecule has 2 heterocycles. The number of amides is 1. The van der Waals surface area contributed by atoms with Crippen molar-refractivity contribution in [2.75, 3.05) is 23.8 Å². The molecule has 1 fully saturated rings. The maximum atomic E-state index is 13.4. The van der Waals surface area contributed by atoms with E-state index in [0.717, 1.165) is 40.5 Å². The Morgan fingerprint density at radius 1 is 1.24 bits per heavy atom. The summed E-state index contributed by atoms with van der Waals surface area (Å²) in [5.41, 5.74) is 4.10. The highest BCUT2D eigenvalue weighted by atomic mass is 32.2. The van der Waals surface area contributed by atoms with Crippen LogP contribution in [0.15, 0.2) is 41.3 Å². The number of thioether (sulfide) groups is 1. The maximum Gasteiger partial charge on any atom is 0.260 e. The van der Waals surface area contributed by atoms with Crippen LogP contribution in [0.3, 0.4) is 0 Å². The molecule has 1 atom stereocenters. The lowest BCUT2D eigenvalue weighted by atomic mass is 10.1. The molecule has 0 aliphatic carbocycles. The Hall–Kier alpha value is -1.89. The third-order valence-corrected chi connectivity index (χ3v) is 7.23. The fourth-order valence-electron chi connectivity index (χ4n) is 3.54. The molecule has 1 unspecified atom stereocenters. The summed E-state index contributed by atoms with van der Waals surface area (Å²) < 4.78 is 6.95. The van der Waals surface area contributed by atoms with Crippen LogP contribution in [0.5, 0.6) is 0 Å². The van der Waals surface area contributed by atoms with Gasteiger partial charge in [-0.15, -0.1) is 11.8 Å². The van der Waals surface area contributed by atoms with Gasteiger partial charge in [0.05, 0.1) is 22.9 Å². The van der Waals surface area contributed by atoms with E-state index in [0.29, 0.717) is 12.1 Å². The van der Waals surface area contributed by atoms with Crippen LogP contribution >= 0.6 is 23.1 Å². The van der Waals surface area contributed by atoms with E-state index in [1.165, 1.54) is 16.0 Å². The summed E-state index contributed by atoms with van der Waals surface area (Å²) in [6, 6.07) is 12.2. The van der Waals surface area contributed by atoms with Gasteiger partial charge in [-0.2, -0.15) is 0 Å². The van der Waals surface area contributed by atoms with Crippen molar-refractivity contribution in [2.45, 2.75) is 44.6 Å². The summed E-state index contributed by atoms with van der Waals surface area (Å²) in [4.78, 5) is 21.3. The number of carbonyl (C=O) groups is 1. The Morgan fingerprint density at radius 3 is 2.69 bits per heavy atom. The first-order chi connectivity index (χ1) is 14.0. The third-order valence-electron chi connectivity index (χ3n) is 5.29. The fraction of sp³-hybridized carbons (Fsp3) is 0.391. The number of anilines is 1. The highest BCUT2D eigenvalue weighted by Gasteiger charge is 2.27. The molecule has 2 aromatic carbocycles. The molecule has 4 rings (SSSR count). The van der Waals surface area contributed by atoms with Crippen molar-refractivity contribution in [2.24, 2.45) is 0 Å². The molecule has 1 amide bonds. The van der Waals surface area contributed by atoms with Gasteiger partial charge in [0.15, 0.2) is 5.13 Å². The standard InChI is InChI=1S/C23H26N2O2S2/c1-4-28-19-9-7-17(8-10-19)22(26)25(14-18-6-5-11-27-18)23-24-20-12-15(2)16(3)13-21(20)29-23/h7-10,12-13,18H,4-6,11,14H2,1-3H3. The van der Waals surface area contributed by atoms with Gasteiger partial charge >= 0.3 is 0 Å². The number of nitrogens with zero attached hydrogens (tertiary/aromatic N) is 2. The number of rotatable bonds is 6. The van der Waals surface area contributed by atoms with Gasteiger partial charge in [-0.25, -0.2) is 4.98 Å². The zero-order valence-electron chi connectivity index (χ0n) is 17.1. The van der Waals surface area contributed by atoms with Crippen LogP contribution in [0.25, 0.3) is 10.2 Å². The van der Waals surface area contributed by atoms with E-state index in [1.54, 1.807) is 23.1 Å². The zero-order valence-corrected chi connectivity index (χ0v) is 18.7. The Bertz CT molecular complexity index is 969. The van der Waals surface area contributed by atoms with Gasteiger partial charge in [0, 0.05) is 17.1 Å². The topological polar surface area (TPSA) is 42.4 Å². The van der Waals surface area contributed by atoms with E-state index in [-0.39, 0.29) is 12.0 Å². The molecule has 0 spiro atoms. The smallest absolute Gasteiger partial charge is 0.260 e. The highest BCUT2D eigenvalue weighted by molar-refractivity contribution is 7.99. The first-order valence-corrected chi connectivity index (χ1v) is 11.9. The van der Waals surface area contributed by atoms with Crippen molar-refractivity contribution in [3.8, 4) is 0 Å². The van der Waals surface area contributed by atoms with Gasteiger partial charge in [0.2, 0.25) is 0 Å². The van der Waals surface area contributed by atoms with Crippen molar-refractivity contribution in [3.63, 3.8) is 0 Å². The summed E-state index contributed by atoms with van der Waals surface area (Å²) in [6.45, 7) is 7.65. The summed E-state index contributed by atoms with van der Waals surface area (Å²) in [7, 11) is 0. The van der Waals surface area contributed by atoms with E-state index in [9.17, 15) is 4.79 Å². The van der Waals surface area contributed by atoms with Crippen LogP contribution in [-0.2, 0) is 4.74 Å². The molecule has 4 nitrogen and oxygen atoms in total. The lowest BCUT2D eigenvalue weighted by Crippen LogP contribution is -2.37. The molecule has 1 aliphatic heterocycles. The van der Waals surface area contributed by atoms with Crippen molar-refractivity contribution in [1.29, 1.82) is 0 Å². The molecule has 1 aliphatic rings. The Labute approximate surface area is 180 Å². The molecule has 0 N–H and O–H groups in total. The zero-order chi connectivity index (χ0) is 20.4. The van der Waals surface area contributed by atoms with Crippen LogP contribution in [0.1, 0.15) is 41.3 Å². The predicted octanol–water partition coefficient (Wildman–Crippen LogP) is 5.85. The quantitative estimate of drug-likeness (QED) is 0.464. The van der Waals surface area contributed by atoms with Crippen LogP contribution < -0.4 is 4.90 Å². The van der Waals surface area contributed by atoms with Gasteiger partial charge in [0.1, 0.15) is 0 Å². The average molecular weight is 427 g/mol. The molecule has 29 heavy (non-hydrogen) atoms. The van der Waals surface area contributed by atoms with Crippen molar-refractivity contribution >= 4 is 44.4 Å². The van der Waals surface area contributed by atoms with Crippen molar-refractivity contribution < 1.29 is 9.53 Å². The van der Waals surface area contributed by atoms with E-state index >= 15 is 0 Å². The second kappa shape index (κ2) is 8.86. The monoisotopic (exact) mass is 426 g/mol. The second-order valence-electron chi connectivity index (χ2n) is 7.41. The summed E-state index contributed by atoms with van der Waals surface area (Å²) in [5, 5.41) is 0.748. The summed E-state index contributed by atoms with van der Waals surface area (Å²) in [5.74, 6) is 1.00. The molecular formula is C23H26N2O2S2. The number of thiazole rings is 1. The number of benzene rings is 2. The molecule has 0 saturated carbocycles. The molecule has 1 saturated heterocycles. The molecule has 6 heteroatoms. The molecule has 152 valence electrons. The number of carbonyl (C=O) groups excluding carboxylic acids is 1. The lowest BCUT2D eigenvalue weighted by Gasteiger charge is -2.23. The largest absolute Gasteiger partial charge is 0.376 e. The van der Waals surface area contributed by atoms with Crippen molar-refractivity contribution in [1.82, 2.24) is 4.98 Å². The highest BCUT2D eigenvalue weighted by Crippen LogP contribution is 2.32. The molecule has 0 radical (unpaired) electrons. The number of hydrogen-bond donors (Lipinski definition) is 0. The minimum absolute atomic E-state index is 0.0129.